The molecule has 0 radical (unpaired) electrons. The average Bonchev–Trinajstić information content (AvgIpc) is 3.62. The first kappa shape index (κ1) is 33.6. The van der Waals surface area contributed by atoms with E-state index in [-0.39, 0.29) is 0 Å². The van der Waals surface area contributed by atoms with Crippen LogP contribution in [-0.2, 0) is 0 Å². The van der Waals surface area contributed by atoms with E-state index in [2.05, 4.69) is 240 Å². The lowest BCUT2D eigenvalue weighted by molar-refractivity contribution is 1.18. The molecule has 0 aliphatic rings. The van der Waals surface area contributed by atoms with Crippen molar-refractivity contribution < 1.29 is 0 Å². The van der Waals surface area contributed by atoms with Crippen LogP contribution in [0.2, 0.25) is 0 Å². The third-order valence-corrected chi connectivity index (χ3v) is 11.5. The van der Waals surface area contributed by atoms with Gasteiger partial charge in [-0.05, 0) is 110 Å². The molecule has 0 spiro atoms. The number of rotatable bonds is 7. The molecule has 1 heterocycles. The van der Waals surface area contributed by atoms with Gasteiger partial charge in [0.2, 0.25) is 0 Å². The molecule has 11 aromatic rings. The van der Waals surface area contributed by atoms with Crippen molar-refractivity contribution in [2.24, 2.45) is 0 Å². The summed E-state index contributed by atoms with van der Waals surface area (Å²) >= 11 is 0. The van der Waals surface area contributed by atoms with Gasteiger partial charge >= 0.3 is 0 Å². The van der Waals surface area contributed by atoms with E-state index in [9.17, 15) is 0 Å². The Morgan fingerprint density at radius 1 is 0.310 bits per heavy atom. The fourth-order valence-corrected chi connectivity index (χ4v) is 8.89. The van der Waals surface area contributed by atoms with Crippen LogP contribution in [0.15, 0.2) is 231 Å². The Labute approximate surface area is 338 Å². The van der Waals surface area contributed by atoms with Gasteiger partial charge in [0.05, 0.1) is 16.7 Å². The summed E-state index contributed by atoms with van der Waals surface area (Å²) < 4.78 is 2.42. The van der Waals surface area contributed by atoms with Crippen molar-refractivity contribution in [1.82, 2.24) is 4.57 Å². The van der Waals surface area contributed by atoms with Crippen LogP contribution in [0.1, 0.15) is 0 Å². The second-order valence-corrected chi connectivity index (χ2v) is 14.9. The van der Waals surface area contributed by atoms with Crippen molar-refractivity contribution in [2.45, 2.75) is 0 Å². The lowest BCUT2D eigenvalue weighted by Crippen LogP contribution is -2.10. The highest BCUT2D eigenvalue weighted by molar-refractivity contribution is 6.18. The zero-order valence-corrected chi connectivity index (χ0v) is 31.8. The number of fused-ring (bicyclic) bond motifs is 5. The number of benzene rings is 10. The number of aromatic nitrogens is 1. The van der Waals surface area contributed by atoms with E-state index in [1.807, 2.05) is 0 Å². The van der Waals surface area contributed by atoms with Gasteiger partial charge in [0, 0.05) is 33.2 Å². The number of anilines is 3. The molecule has 10 aromatic carbocycles. The maximum absolute atomic E-state index is 2.42. The van der Waals surface area contributed by atoms with Gasteiger partial charge in [-0.25, -0.2) is 0 Å². The Balaban J connectivity index is 1.10. The monoisotopic (exact) mass is 738 g/mol. The largest absolute Gasteiger partial charge is 0.310 e. The number of hydrogen-bond donors (Lipinski definition) is 0. The molecule has 0 saturated carbocycles. The summed E-state index contributed by atoms with van der Waals surface area (Å²) in [4.78, 5) is 2.42. The molecule has 2 heteroatoms. The quantitative estimate of drug-likeness (QED) is 0.158. The average molecular weight is 739 g/mol. The SMILES string of the molecule is c1ccc(-c2ccccc2-c2ccc(N(c3cccc(-c4cccc5c4c4cc6ccccc6cc4n5-c4ccccc4)c3)c3cccc4ccccc34)cc2)cc1. The van der Waals surface area contributed by atoms with Gasteiger partial charge in [-0.2, -0.15) is 0 Å². The van der Waals surface area contributed by atoms with Gasteiger partial charge in [-0.1, -0.05) is 170 Å². The van der Waals surface area contributed by atoms with E-state index in [0.29, 0.717) is 0 Å². The minimum atomic E-state index is 1.10. The van der Waals surface area contributed by atoms with Gasteiger partial charge < -0.3 is 9.47 Å². The summed E-state index contributed by atoms with van der Waals surface area (Å²) in [6.07, 6.45) is 0. The fourth-order valence-electron chi connectivity index (χ4n) is 8.89. The molecule has 0 atom stereocenters. The molecule has 0 amide bonds. The van der Waals surface area contributed by atoms with Gasteiger partial charge in [0.25, 0.3) is 0 Å². The molecule has 0 N–H and O–H groups in total. The van der Waals surface area contributed by atoms with Crippen LogP contribution in [0.3, 0.4) is 0 Å². The molecule has 0 aliphatic heterocycles. The minimum absolute atomic E-state index is 1.10. The topological polar surface area (TPSA) is 8.17 Å². The van der Waals surface area contributed by atoms with Crippen molar-refractivity contribution >= 4 is 60.4 Å². The summed E-state index contributed by atoms with van der Waals surface area (Å²) in [7, 11) is 0. The van der Waals surface area contributed by atoms with Crippen molar-refractivity contribution in [3.05, 3.63) is 231 Å². The van der Waals surface area contributed by atoms with Crippen LogP contribution < -0.4 is 4.90 Å². The summed E-state index contributed by atoms with van der Waals surface area (Å²) in [6.45, 7) is 0. The maximum atomic E-state index is 2.42. The smallest absolute Gasteiger partial charge is 0.0547 e. The highest BCUT2D eigenvalue weighted by Crippen LogP contribution is 2.44. The standard InChI is InChI=1S/C56H38N2/c1-3-16-39(17-4-1)48-26-11-12-27-49(48)41-32-34-46(35-33-41)57(53-30-14-21-40-18-9-10-28-50(40)53)47-25-13-22-44(36-47)51-29-15-31-54-56(51)52-37-42-19-7-8-20-43(42)38-55(52)58(54)45-23-5-2-6-24-45/h1-38H. The van der Waals surface area contributed by atoms with Crippen LogP contribution in [0.5, 0.6) is 0 Å². The summed E-state index contributed by atoms with van der Waals surface area (Å²) in [5.74, 6) is 0. The third kappa shape index (κ3) is 5.74. The number of hydrogen-bond acceptors (Lipinski definition) is 1. The van der Waals surface area contributed by atoms with E-state index in [0.717, 1.165) is 22.7 Å². The fraction of sp³-hybridized carbons (Fsp3) is 0. The van der Waals surface area contributed by atoms with E-state index < -0.39 is 0 Å². The Morgan fingerprint density at radius 2 is 0.879 bits per heavy atom. The molecule has 1 aromatic heterocycles. The van der Waals surface area contributed by atoms with Crippen LogP contribution in [-0.4, -0.2) is 4.57 Å². The normalized spacial score (nSPS) is 11.4. The van der Waals surface area contributed by atoms with Crippen molar-refractivity contribution in [1.29, 1.82) is 0 Å². The molecule has 272 valence electrons. The van der Waals surface area contributed by atoms with Gasteiger partial charge in [0.15, 0.2) is 0 Å². The minimum Gasteiger partial charge on any atom is -0.310 e. The van der Waals surface area contributed by atoms with E-state index in [4.69, 9.17) is 0 Å². The van der Waals surface area contributed by atoms with Crippen molar-refractivity contribution in [3.63, 3.8) is 0 Å². The van der Waals surface area contributed by atoms with Crippen molar-refractivity contribution in [3.8, 4) is 39.1 Å². The predicted molar refractivity (Wildman–Crippen MR) is 247 cm³/mol. The number of para-hydroxylation sites is 1. The van der Waals surface area contributed by atoms with Gasteiger partial charge in [-0.3, -0.25) is 0 Å². The predicted octanol–water partition coefficient (Wildman–Crippen LogP) is 15.6. The Kier molecular flexibility index (Phi) is 8.19. The Morgan fingerprint density at radius 3 is 1.66 bits per heavy atom. The van der Waals surface area contributed by atoms with E-state index in [1.165, 1.54) is 76.7 Å². The Bertz CT molecular complexity index is 3260. The summed E-state index contributed by atoms with van der Waals surface area (Å²) in [5.41, 5.74) is 14.1. The number of nitrogens with zero attached hydrogens (tertiary/aromatic N) is 2. The maximum Gasteiger partial charge on any atom is 0.0547 e. The molecule has 0 aliphatic carbocycles. The lowest BCUT2D eigenvalue weighted by atomic mass is 9.94. The third-order valence-electron chi connectivity index (χ3n) is 11.5. The van der Waals surface area contributed by atoms with Crippen molar-refractivity contribution in [2.75, 3.05) is 4.90 Å². The molecule has 11 rings (SSSR count). The molecular formula is C56H38N2. The molecular weight excluding hydrogens is 701 g/mol. The molecule has 0 unspecified atom stereocenters. The van der Waals surface area contributed by atoms with E-state index >= 15 is 0 Å². The molecule has 0 bridgehead atoms. The molecule has 2 nitrogen and oxygen atoms in total. The highest BCUT2D eigenvalue weighted by atomic mass is 15.1. The van der Waals surface area contributed by atoms with E-state index in [1.54, 1.807) is 0 Å². The highest BCUT2D eigenvalue weighted by Gasteiger charge is 2.20. The second-order valence-electron chi connectivity index (χ2n) is 14.9. The lowest BCUT2D eigenvalue weighted by Gasteiger charge is -2.27. The summed E-state index contributed by atoms with van der Waals surface area (Å²) in [5, 5.41) is 7.38. The Hall–Kier alpha value is -7.68. The molecule has 58 heavy (non-hydrogen) atoms. The van der Waals surface area contributed by atoms with Crippen LogP contribution in [0.25, 0.3) is 82.4 Å². The second kappa shape index (κ2) is 14.1. The first-order chi connectivity index (χ1) is 28.8. The zero-order chi connectivity index (χ0) is 38.4. The summed E-state index contributed by atoms with van der Waals surface area (Å²) in [6, 6.07) is 83.7. The van der Waals surface area contributed by atoms with Gasteiger partial charge in [-0.15, -0.1) is 0 Å². The van der Waals surface area contributed by atoms with Crippen LogP contribution in [0.4, 0.5) is 17.1 Å². The van der Waals surface area contributed by atoms with Gasteiger partial charge in [0.1, 0.15) is 0 Å². The molecule has 0 fully saturated rings. The zero-order valence-electron chi connectivity index (χ0n) is 31.8. The first-order valence-electron chi connectivity index (χ1n) is 19.9. The molecule has 0 saturated heterocycles. The first-order valence-corrected chi connectivity index (χ1v) is 19.9. The van der Waals surface area contributed by atoms with Crippen LogP contribution >= 0.6 is 0 Å². The van der Waals surface area contributed by atoms with Crippen LogP contribution in [0, 0.1) is 0 Å².